The summed E-state index contributed by atoms with van der Waals surface area (Å²) in [5.41, 5.74) is 1.78. The van der Waals surface area contributed by atoms with Crippen molar-refractivity contribution in [3.63, 3.8) is 0 Å². The van der Waals surface area contributed by atoms with Crippen molar-refractivity contribution < 1.29 is 14.0 Å². The molecule has 2 aromatic carbocycles. The molecule has 0 N–H and O–H groups in total. The Labute approximate surface area is 157 Å². The van der Waals surface area contributed by atoms with Crippen LogP contribution in [0.4, 0.5) is 0 Å². The predicted octanol–water partition coefficient (Wildman–Crippen LogP) is 5.01. The summed E-state index contributed by atoms with van der Waals surface area (Å²) >= 11 is 0. The molecule has 0 radical (unpaired) electrons. The van der Waals surface area contributed by atoms with Gasteiger partial charge in [-0.1, -0.05) is 60.7 Å². The lowest BCUT2D eigenvalue weighted by molar-refractivity contribution is 0.00578. The molecule has 1 saturated heterocycles. The van der Waals surface area contributed by atoms with Crippen molar-refractivity contribution in [3.05, 3.63) is 71.8 Å². The van der Waals surface area contributed by atoms with Crippen molar-refractivity contribution in [1.29, 1.82) is 0 Å². The van der Waals surface area contributed by atoms with E-state index in [4.69, 9.17) is 14.0 Å². The first-order valence-corrected chi connectivity index (χ1v) is 9.41. The minimum absolute atomic E-state index is 0.146. The van der Waals surface area contributed by atoms with Crippen molar-refractivity contribution >= 4 is 7.12 Å². The lowest BCUT2D eigenvalue weighted by Gasteiger charge is -2.32. The maximum absolute atomic E-state index is 6.32. The van der Waals surface area contributed by atoms with Gasteiger partial charge in [0, 0.05) is 12.4 Å². The average Bonchev–Trinajstić information content (AvgIpc) is 2.84. The van der Waals surface area contributed by atoms with Crippen molar-refractivity contribution in [3.8, 4) is 0 Å². The van der Waals surface area contributed by atoms with E-state index in [0.29, 0.717) is 13.2 Å². The van der Waals surface area contributed by atoms with E-state index in [0.717, 1.165) is 6.42 Å². The van der Waals surface area contributed by atoms with Crippen LogP contribution in [-0.2, 0) is 20.7 Å². The van der Waals surface area contributed by atoms with Gasteiger partial charge in [0.05, 0.1) is 17.8 Å². The molecular weight excluding hydrogens is 323 g/mol. The lowest BCUT2D eigenvalue weighted by atomic mass is 9.66. The van der Waals surface area contributed by atoms with Crippen LogP contribution in [0.15, 0.2) is 60.7 Å². The van der Waals surface area contributed by atoms with Crippen LogP contribution >= 0.6 is 0 Å². The van der Waals surface area contributed by atoms with Gasteiger partial charge in [0.1, 0.15) is 0 Å². The van der Waals surface area contributed by atoms with Gasteiger partial charge in [0.25, 0.3) is 0 Å². The zero-order valence-electron chi connectivity index (χ0n) is 16.3. The summed E-state index contributed by atoms with van der Waals surface area (Å²) < 4.78 is 18.6. The zero-order valence-corrected chi connectivity index (χ0v) is 16.3. The van der Waals surface area contributed by atoms with Gasteiger partial charge in [-0.15, -0.1) is 0 Å². The van der Waals surface area contributed by atoms with Crippen LogP contribution in [0.25, 0.3) is 0 Å². The van der Waals surface area contributed by atoms with Crippen LogP contribution < -0.4 is 0 Å². The smallest absolute Gasteiger partial charge is 0.403 e. The second kappa shape index (κ2) is 7.95. The Morgan fingerprint density at radius 1 is 0.846 bits per heavy atom. The van der Waals surface area contributed by atoms with Crippen LogP contribution in [0.3, 0.4) is 0 Å². The highest BCUT2D eigenvalue weighted by molar-refractivity contribution is 6.47. The van der Waals surface area contributed by atoms with Crippen molar-refractivity contribution in [2.75, 3.05) is 6.61 Å². The van der Waals surface area contributed by atoms with Gasteiger partial charge in [0.2, 0.25) is 0 Å². The normalized spacial score (nSPS) is 19.5. The zero-order chi connectivity index (χ0) is 18.6. The molecule has 0 aromatic heterocycles. The molecule has 0 spiro atoms. The van der Waals surface area contributed by atoms with Crippen LogP contribution in [0.2, 0.25) is 0 Å². The van der Waals surface area contributed by atoms with Gasteiger partial charge in [-0.2, -0.15) is 0 Å². The minimum Gasteiger partial charge on any atom is -0.403 e. The highest BCUT2D eigenvalue weighted by Crippen LogP contribution is 2.41. The Morgan fingerprint density at radius 2 is 1.38 bits per heavy atom. The highest BCUT2D eigenvalue weighted by Gasteiger charge is 2.53. The molecule has 0 unspecified atom stereocenters. The third kappa shape index (κ3) is 4.37. The minimum atomic E-state index is -0.324. The molecule has 0 saturated carbocycles. The van der Waals surface area contributed by atoms with E-state index >= 15 is 0 Å². The standard InChI is InChI=1S/C22H29BO3/c1-21(2)22(3,4)26-23(25-21)20(19-13-9-6-10-14-19)15-16-24-17-18-11-7-5-8-12-18/h5-14,20H,15-17H2,1-4H3/t20-/m1/s1. The molecule has 0 amide bonds. The summed E-state index contributed by atoms with van der Waals surface area (Å²) in [6, 6.07) is 20.7. The van der Waals surface area contributed by atoms with Gasteiger partial charge < -0.3 is 14.0 Å². The fraction of sp³-hybridized carbons (Fsp3) is 0.455. The van der Waals surface area contributed by atoms with Crippen molar-refractivity contribution in [2.45, 2.75) is 57.7 Å². The Hall–Kier alpha value is -1.62. The number of ether oxygens (including phenoxy) is 1. The first kappa shape index (κ1) is 19.2. The molecule has 1 fully saturated rings. The fourth-order valence-corrected chi connectivity index (χ4v) is 3.19. The Balaban J connectivity index is 1.65. The van der Waals surface area contributed by atoms with E-state index in [9.17, 15) is 0 Å². The number of rotatable bonds is 7. The Bertz CT molecular complexity index is 669. The summed E-state index contributed by atoms with van der Waals surface area (Å²) in [6.45, 7) is 9.69. The van der Waals surface area contributed by atoms with Gasteiger partial charge in [-0.3, -0.25) is 0 Å². The largest absolute Gasteiger partial charge is 0.465 e. The molecule has 3 rings (SSSR count). The van der Waals surface area contributed by atoms with Gasteiger partial charge >= 0.3 is 7.12 Å². The van der Waals surface area contributed by atoms with E-state index in [1.54, 1.807) is 0 Å². The molecule has 1 heterocycles. The van der Waals surface area contributed by atoms with Crippen molar-refractivity contribution in [1.82, 2.24) is 0 Å². The van der Waals surface area contributed by atoms with Crippen molar-refractivity contribution in [2.24, 2.45) is 0 Å². The molecule has 4 heteroatoms. The lowest BCUT2D eigenvalue weighted by Crippen LogP contribution is -2.41. The first-order chi connectivity index (χ1) is 12.4. The Morgan fingerprint density at radius 3 is 1.96 bits per heavy atom. The van der Waals surface area contributed by atoms with Crippen LogP contribution in [0.1, 0.15) is 51.1 Å². The molecule has 1 aliphatic heterocycles. The maximum Gasteiger partial charge on any atom is 0.465 e. The van der Waals surface area contributed by atoms with Crippen LogP contribution in [0, 0.1) is 0 Å². The summed E-state index contributed by atoms with van der Waals surface area (Å²) in [7, 11) is -0.261. The van der Waals surface area contributed by atoms with Crippen LogP contribution in [-0.4, -0.2) is 24.9 Å². The summed E-state index contributed by atoms with van der Waals surface area (Å²) in [6.07, 6.45) is 0.855. The number of benzene rings is 2. The van der Waals surface area contributed by atoms with E-state index in [1.165, 1.54) is 11.1 Å². The maximum atomic E-state index is 6.32. The molecule has 1 atom stereocenters. The Kier molecular flexibility index (Phi) is 5.86. The quantitative estimate of drug-likeness (QED) is 0.518. The average molecular weight is 352 g/mol. The SMILES string of the molecule is CC1(C)OB([C@H](CCOCc2ccccc2)c2ccccc2)OC1(C)C. The third-order valence-electron chi connectivity index (χ3n) is 5.51. The first-order valence-electron chi connectivity index (χ1n) is 9.41. The number of hydrogen-bond acceptors (Lipinski definition) is 3. The number of hydrogen-bond donors (Lipinski definition) is 0. The van der Waals surface area contributed by atoms with E-state index in [1.807, 2.05) is 24.3 Å². The summed E-state index contributed by atoms with van der Waals surface area (Å²) in [5, 5.41) is 0. The second-order valence-electron chi connectivity index (χ2n) is 7.97. The molecule has 2 aromatic rings. The molecule has 3 nitrogen and oxygen atoms in total. The van der Waals surface area contributed by atoms with Gasteiger partial charge in [-0.05, 0) is 45.2 Å². The molecule has 138 valence electrons. The van der Waals surface area contributed by atoms with Gasteiger partial charge in [-0.25, -0.2) is 0 Å². The highest BCUT2D eigenvalue weighted by atomic mass is 16.7. The predicted molar refractivity (Wildman–Crippen MR) is 106 cm³/mol. The van der Waals surface area contributed by atoms with Gasteiger partial charge in [0.15, 0.2) is 0 Å². The molecule has 0 aliphatic carbocycles. The van der Waals surface area contributed by atoms with Crippen LogP contribution in [0.5, 0.6) is 0 Å². The third-order valence-corrected chi connectivity index (χ3v) is 5.51. The summed E-state index contributed by atoms with van der Waals surface area (Å²) in [5.74, 6) is 0.146. The molecule has 0 bridgehead atoms. The second-order valence-corrected chi connectivity index (χ2v) is 7.97. The van der Waals surface area contributed by atoms with E-state index < -0.39 is 0 Å². The summed E-state index contributed by atoms with van der Waals surface area (Å²) in [4.78, 5) is 0. The van der Waals surface area contributed by atoms with E-state index in [-0.39, 0.29) is 24.1 Å². The fourth-order valence-electron chi connectivity index (χ4n) is 3.19. The monoisotopic (exact) mass is 352 g/mol. The van der Waals surface area contributed by atoms with E-state index in [2.05, 4.69) is 64.1 Å². The molecule has 1 aliphatic rings. The molecular formula is C22H29BO3. The molecule has 26 heavy (non-hydrogen) atoms. The topological polar surface area (TPSA) is 27.7 Å².